The number of rotatable bonds is 2. The van der Waals surface area contributed by atoms with Gasteiger partial charge in [0.05, 0.1) is 18.0 Å². The van der Waals surface area contributed by atoms with Gasteiger partial charge in [-0.05, 0) is 19.1 Å². The number of hydrogen-bond donors (Lipinski definition) is 0. The quantitative estimate of drug-likeness (QED) is 0.766. The highest BCUT2D eigenvalue weighted by molar-refractivity contribution is 5.79. The van der Waals surface area contributed by atoms with Crippen LogP contribution in [0.1, 0.15) is 12.0 Å². The Bertz CT molecular complexity index is 620. The number of nitriles is 1. The van der Waals surface area contributed by atoms with Crippen LogP contribution in [-0.4, -0.2) is 4.57 Å². The molecule has 80 valence electrons. The lowest BCUT2D eigenvalue weighted by atomic mass is 10.1. The predicted octanol–water partition coefficient (Wildman–Crippen LogP) is 2.22. The van der Waals surface area contributed by atoms with Crippen LogP contribution in [0.25, 0.3) is 10.9 Å². The molecule has 0 aliphatic heterocycles. The lowest BCUT2D eigenvalue weighted by Gasteiger charge is -2.08. The van der Waals surface area contributed by atoms with Gasteiger partial charge in [0.25, 0.3) is 0 Å². The third kappa shape index (κ3) is 1.82. The van der Waals surface area contributed by atoms with E-state index >= 15 is 0 Å². The summed E-state index contributed by atoms with van der Waals surface area (Å²) in [5.74, 6) is 0. The molecule has 3 heteroatoms. The van der Waals surface area contributed by atoms with Crippen molar-refractivity contribution < 1.29 is 0 Å². The number of fused-ring (bicyclic) bond motifs is 1. The zero-order valence-electron chi connectivity index (χ0n) is 9.10. The van der Waals surface area contributed by atoms with E-state index in [2.05, 4.69) is 6.07 Å². The molecule has 3 nitrogen and oxygen atoms in total. The number of aryl methyl sites for hydroxylation is 2. The van der Waals surface area contributed by atoms with E-state index in [1.165, 1.54) is 0 Å². The summed E-state index contributed by atoms with van der Waals surface area (Å²) in [7, 11) is 0. The Morgan fingerprint density at radius 1 is 1.38 bits per heavy atom. The summed E-state index contributed by atoms with van der Waals surface area (Å²) in [4.78, 5) is 11.7. The van der Waals surface area contributed by atoms with Crippen molar-refractivity contribution in [2.75, 3.05) is 0 Å². The van der Waals surface area contributed by atoms with E-state index in [-0.39, 0.29) is 5.43 Å². The predicted molar refractivity (Wildman–Crippen MR) is 63.2 cm³/mol. The second-order valence-electron chi connectivity index (χ2n) is 3.80. The van der Waals surface area contributed by atoms with Crippen LogP contribution in [0.5, 0.6) is 0 Å². The highest BCUT2D eigenvalue weighted by Gasteiger charge is 2.02. The van der Waals surface area contributed by atoms with Crippen molar-refractivity contribution in [1.82, 2.24) is 4.57 Å². The second-order valence-corrected chi connectivity index (χ2v) is 3.80. The van der Waals surface area contributed by atoms with Gasteiger partial charge in [0.1, 0.15) is 0 Å². The molecule has 0 fully saturated rings. The highest BCUT2D eigenvalue weighted by atomic mass is 16.1. The van der Waals surface area contributed by atoms with Gasteiger partial charge in [-0.1, -0.05) is 11.6 Å². The van der Waals surface area contributed by atoms with Gasteiger partial charge in [0.2, 0.25) is 0 Å². The Hall–Kier alpha value is -2.08. The van der Waals surface area contributed by atoms with E-state index < -0.39 is 0 Å². The van der Waals surface area contributed by atoms with Crippen molar-refractivity contribution in [1.29, 1.82) is 5.26 Å². The minimum Gasteiger partial charge on any atom is -0.346 e. The van der Waals surface area contributed by atoms with Gasteiger partial charge in [-0.2, -0.15) is 5.26 Å². The molecule has 0 unspecified atom stereocenters. The van der Waals surface area contributed by atoms with Gasteiger partial charge in [0, 0.05) is 24.2 Å². The van der Waals surface area contributed by atoms with Crippen LogP contribution < -0.4 is 5.43 Å². The zero-order chi connectivity index (χ0) is 11.5. The van der Waals surface area contributed by atoms with Gasteiger partial charge < -0.3 is 4.57 Å². The third-order valence-corrected chi connectivity index (χ3v) is 2.60. The summed E-state index contributed by atoms with van der Waals surface area (Å²) in [6.07, 6.45) is 2.20. The molecule has 0 aliphatic rings. The van der Waals surface area contributed by atoms with E-state index in [0.717, 1.165) is 16.5 Å². The molecule has 1 aromatic carbocycles. The van der Waals surface area contributed by atoms with Crippen molar-refractivity contribution in [3.63, 3.8) is 0 Å². The number of benzene rings is 1. The fraction of sp³-hybridized carbons (Fsp3) is 0.231. The minimum atomic E-state index is 0.0342. The fourth-order valence-corrected chi connectivity index (χ4v) is 1.79. The van der Waals surface area contributed by atoms with Crippen molar-refractivity contribution in [2.24, 2.45) is 0 Å². The van der Waals surface area contributed by atoms with Crippen LogP contribution in [0.15, 0.2) is 35.3 Å². The fourth-order valence-electron chi connectivity index (χ4n) is 1.79. The molecule has 1 aromatic heterocycles. The molecule has 0 aliphatic carbocycles. The highest BCUT2D eigenvalue weighted by Crippen LogP contribution is 2.12. The van der Waals surface area contributed by atoms with Crippen molar-refractivity contribution in [3.8, 4) is 6.07 Å². The van der Waals surface area contributed by atoms with E-state index in [4.69, 9.17) is 5.26 Å². The summed E-state index contributed by atoms with van der Waals surface area (Å²) >= 11 is 0. The van der Waals surface area contributed by atoms with Crippen LogP contribution in [0.2, 0.25) is 0 Å². The van der Waals surface area contributed by atoms with Gasteiger partial charge in [-0.25, -0.2) is 0 Å². The van der Waals surface area contributed by atoms with Crippen molar-refractivity contribution in [3.05, 3.63) is 46.2 Å². The van der Waals surface area contributed by atoms with E-state index in [0.29, 0.717) is 13.0 Å². The Morgan fingerprint density at radius 2 is 2.19 bits per heavy atom. The summed E-state index contributed by atoms with van der Waals surface area (Å²) in [6.45, 7) is 2.59. The average Bonchev–Trinajstić information content (AvgIpc) is 2.29. The Morgan fingerprint density at radius 3 is 2.94 bits per heavy atom. The Labute approximate surface area is 93.6 Å². The molecule has 16 heavy (non-hydrogen) atoms. The van der Waals surface area contributed by atoms with Crippen LogP contribution in [0.3, 0.4) is 0 Å². The Kier molecular flexibility index (Phi) is 2.74. The van der Waals surface area contributed by atoms with Gasteiger partial charge in [0.15, 0.2) is 5.43 Å². The second kappa shape index (κ2) is 4.19. The largest absolute Gasteiger partial charge is 0.346 e. The number of pyridine rings is 1. The topological polar surface area (TPSA) is 45.8 Å². The van der Waals surface area contributed by atoms with Crippen LogP contribution in [0, 0.1) is 18.3 Å². The maximum atomic E-state index is 11.7. The van der Waals surface area contributed by atoms with Crippen LogP contribution >= 0.6 is 0 Å². The first-order valence-corrected chi connectivity index (χ1v) is 5.19. The van der Waals surface area contributed by atoms with E-state index in [1.807, 2.05) is 29.7 Å². The molecule has 0 N–H and O–H groups in total. The average molecular weight is 212 g/mol. The zero-order valence-corrected chi connectivity index (χ0v) is 9.10. The molecule has 0 amide bonds. The van der Waals surface area contributed by atoms with E-state index in [1.54, 1.807) is 12.3 Å². The molecule has 2 rings (SSSR count). The summed E-state index contributed by atoms with van der Waals surface area (Å²) in [5, 5.41) is 9.30. The molecule has 0 radical (unpaired) electrons. The lowest BCUT2D eigenvalue weighted by molar-refractivity contribution is 0.737. The van der Waals surface area contributed by atoms with Gasteiger partial charge >= 0.3 is 0 Å². The molecule has 0 atom stereocenters. The maximum Gasteiger partial charge on any atom is 0.189 e. The standard InChI is InChI=1S/C13H12N2O/c1-10-3-4-12-11(9-10)13(16)5-8-15(12)7-2-6-14/h3-5,8-9H,2,7H2,1H3. The van der Waals surface area contributed by atoms with E-state index in [9.17, 15) is 4.79 Å². The number of nitrogens with zero attached hydrogens (tertiary/aromatic N) is 2. The summed E-state index contributed by atoms with van der Waals surface area (Å²) in [5.41, 5.74) is 2.00. The molecule has 0 saturated heterocycles. The summed E-state index contributed by atoms with van der Waals surface area (Å²) in [6, 6.07) is 9.46. The van der Waals surface area contributed by atoms with Crippen molar-refractivity contribution >= 4 is 10.9 Å². The van der Waals surface area contributed by atoms with Gasteiger partial charge in [-0.15, -0.1) is 0 Å². The number of hydrogen-bond acceptors (Lipinski definition) is 2. The van der Waals surface area contributed by atoms with Crippen LogP contribution in [-0.2, 0) is 6.54 Å². The molecule has 1 heterocycles. The first-order valence-electron chi connectivity index (χ1n) is 5.19. The Balaban J connectivity index is 2.65. The normalized spacial score (nSPS) is 10.2. The SMILES string of the molecule is Cc1ccc2c(c1)c(=O)ccn2CCC#N. The lowest BCUT2D eigenvalue weighted by Crippen LogP contribution is -2.08. The first kappa shape index (κ1) is 10.4. The van der Waals surface area contributed by atoms with Crippen LogP contribution in [0.4, 0.5) is 0 Å². The third-order valence-electron chi connectivity index (χ3n) is 2.60. The molecule has 0 spiro atoms. The van der Waals surface area contributed by atoms with Crippen molar-refractivity contribution in [2.45, 2.75) is 19.9 Å². The molecular weight excluding hydrogens is 200 g/mol. The summed E-state index contributed by atoms with van der Waals surface area (Å²) < 4.78 is 1.94. The molecule has 2 aromatic rings. The maximum absolute atomic E-state index is 11.7. The molecule has 0 bridgehead atoms. The first-order chi connectivity index (χ1) is 7.72. The number of aromatic nitrogens is 1. The molecular formula is C13H12N2O. The smallest absolute Gasteiger partial charge is 0.189 e. The monoisotopic (exact) mass is 212 g/mol. The minimum absolute atomic E-state index is 0.0342. The molecule has 0 saturated carbocycles. The van der Waals surface area contributed by atoms with Gasteiger partial charge in [-0.3, -0.25) is 4.79 Å².